The predicted octanol–water partition coefficient (Wildman–Crippen LogP) is 2.36. The van der Waals surface area contributed by atoms with E-state index in [1.807, 2.05) is 19.1 Å². The summed E-state index contributed by atoms with van der Waals surface area (Å²) < 4.78 is 0. The van der Waals surface area contributed by atoms with Crippen LogP contribution in [0.2, 0.25) is 0 Å². The second-order valence-corrected chi connectivity index (χ2v) is 1.56. The maximum Gasteiger partial charge on any atom is 0.0468 e. The van der Waals surface area contributed by atoms with Crippen LogP contribution in [-0.2, 0) is 0 Å². The molecule has 0 N–H and O–H groups in total. The lowest BCUT2D eigenvalue weighted by atomic mass is 10.3. The molecule has 0 saturated heterocycles. The molecule has 0 saturated carbocycles. The van der Waals surface area contributed by atoms with E-state index in [0.717, 1.165) is 5.57 Å². The summed E-state index contributed by atoms with van der Waals surface area (Å²) in [6.07, 6.45) is 3.82. The number of hydrogen-bond acceptors (Lipinski definition) is 0. The third-order valence-electron chi connectivity index (χ3n) is 0.574. The molecule has 0 fully saturated rings. The van der Waals surface area contributed by atoms with Crippen LogP contribution in [-0.4, -0.2) is 5.88 Å². The molecule has 0 radical (unpaired) electrons. The van der Waals surface area contributed by atoms with Crippen molar-refractivity contribution >= 4 is 11.6 Å². The van der Waals surface area contributed by atoms with E-state index in [1.54, 1.807) is 0 Å². The zero-order chi connectivity index (χ0) is 5.70. The Morgan fingerprint density at radius 3 is 2.57 bits per heavy atom. The van der Waals surface area contributed by atoms with E-state index in [-0.39, 0.29) is 0 Å². The van der Waals surface area contributed by atoms with Gasteiger partial charge in [-0.25, -0.2) is 0 Å². The lowest BCUT2D eigenvalue weighted by Gasteiger charge is -1.84. The van der Waals surface area contributed by atoms with Gasteiger partial charge in [0.1, 0.15) is 0 Å². The van der Waals surface area contributed by atoms with Crippen LogP contribution in [0.5, 0.6) is 0 Å². The molecule has 0 aliphatic carbocycles. The minimum atomic E-state index is 0.532. The number of halogens is 1. The van der Waals surface area contributed by atoms with E-state index < -0.39 is 0 Å². The highest BCUT2D eigenvalue weighted by Gasteiger charge is 1.77. The third-order valence-corrected chi connectivity index (χ3v) is 0.917. The molecular weight excluding hydrogens is 108 g/mol. The quantitative estimate of drug-likeness (QED) is 0.384. The second kappa shape index (κ2) is 3.94. The largest absolute Gasteiger partial charge is 0.122 e. The van der Waals surface area contributed by atoms with Crippen molar-refractivity contribution in [1.29, 1.82) is 0 Å². The van der Waals surface area contributed by atoms with Gasteiger partial charge >= 0.3 is 0 Å². The zero-order valence-corrected chi connectivity index (χ0v) is 5.20. The molecule has 0 spiro atoms. The Morgan fingerprint density at radius 1 is 1.86 bits per heavy atom. The summed E-state index contributed by atoms with van der Waals surface area (Å²) in [5.74, 6) is 0.532. The van der Waals surface area contributed by atoms with Gasteiger partial charge in [0.2, 0.25) is 0 Å². The summed E-state index contributed by atoms with van der Waals surface area (Å²) in [4.78, 5) is 0. The molecule has 0 aliphatic rings. The highest BCUT2D eigenvalue weighted by molar-refractivity contribution is 6.19. The van der Waals surface area contributed by atoms with Gasteiger partial charge in [-0.3, -0.25) is 0 Å². The van der Waals surface area contributed by atoms with Crippen molar-refractivity contribution in [2.24, 2.45) is 0 Å². The molecule has 1 heteroatoms. The second-order valence-electron chi connectivity index (χ2n) is 1.29. The van der Waals surface area contributed by atoms with Crippen molar-refractivity contribution < 1.29 is 0 Å². The highest BCUT2D eigenvalue weighted by atomic mass is 35.5. The van der Waals surface area contributed by atoms with Gasteiger partial charge in [0, 0.05) is 5.88 Å². The fourth-order valence-electron chi connectivity index (χ4n) is 0.280. The molecule has 0 heterocycles. The van der Waals surface area contributed by atoms with Crippen LogP contribution in [0.15, 0.2) is 24.3 Å². The fraction of sp³-hybridized carbons (Fsp3) is 0.333. The normalized spacial score (nSPS) is 10.0. The Balaban J connectivity index is 3.37. The first-order chi connectivity index (χ1) is 3.31. The molecule has 0 nitrogen and oxygen atoms in total. The molecule has 40 valence electrons. The molecule has 0 atom stereocenters. The van der Waals surface area contributed by atoms with E-state index in [2.05, 4.69) is 6.58 Å². The minimum Gasteiger partial charge on any atom is -0.122 e. The first-order valence-corrected chi connectivity index (χ1v) is 2.71. The van der Waals surface area contributed by atoms with Crippen LogP contribution < -0.4 is 0 Å². The fourth-order valence-corrected chi connectivity index (χ4v) is 0.369. The first kappa shape index (κ1) is 6.77. The monoisotopic (exact) mass is 116 g/mol. The Labute approximate surface area is 49.5 Å². The highest BCUT2D eigenvalue weighted by Crippen LogP contribution is 1.93. The molecule has 7 heavy (non-hydrogen) atoms. The molecular formula is C6H9Cl. The number of alkyl halides is 1. The average molecular weight is 117 g/mol. The van der Waals surface area contributed by atoms with Gasteiger partial charge in [-0.05, 0) is 12.5 Å². The van der Waals surface area contributed by atoms with Crippen molar-refractivity contribution in [3.05, 3.63) is 24.3 Å². The maximum atomic E-state index is 5.38. The SMILES string of the molecule is C=C(/C=C\C)CCl. The van der Waals surface area contributed by atoms with Crippen LogP contribution in [0.4, 0.5) is 0 Å². The Kier molecular flexibility index (Phi) is 3.81. The van der Waals surface area contributed by atoms with Crippen molar-refractivity contribution in [1.82, 2.24) is 0 Å². The first-order valence-electron chi connectivity index (χ1n) is 2.17. The van der Waals surface area contributed by atoms with E-state index >= 15 is 0 Å². The maximum absolute atomic E-state index is 5.38. The Bertz CT molecular complexity index is 82.2. The molecule has 0 aromatic heterocycles. The topological polar surface area (TPSA) is 0 Å². The number of allylic oxidation sites excluding steroid dienone is 3. The van der Waals surface area contributed by atoms with Crippen molar-refractivity contribution in [2.75, 3.05) is 5.88 Å². The van der Waals surface area contributed by atoms with Gasteiger partial charge in [0.05, 0.1) is 0 Å². The lowest BCUT2D eigenvalue weighted by molar-refractivity contribution is 1.54. The van der Waals surface area contributed by atoms with Crippen molar-refractivity contribution in [3.63, 3.8) is 0 Å². The third kappa shape index (κ3) is 3.60. The molecule has 0 aromatic rings. The van der Waals surface area contributed by atoms with Crippen LogP contribution in [0.3, 0.4) is 0 Å². The Hall–Kier alpha value is -0.230. The van der Waals surface area contributed by atoms with E-state index in [1.165, 1.54) is 0 Å². The summed E-state index contributed by atoms with van der Waals surface area (Å²) in [6, 6.07) is 0. The summed E-state index contributed by atoms with van der Waals surface area (Å²) in [5.41, 5.74) is 0.962. The molecule has 0 unspecified atom stereocenters. The van der Waals surface area contributed by atoms with Crippen LogP contribution in [0, 0.1) is 0 Å². The van der Waals surface area contributed by atoms with E-state index in [4.69, 9.17) is 11.6 Å². The van der Waals surface area contributed by atoms with E-state index in [9.17, 15) is 0 Å². The van der Waals surface area contributed by atoms with Crippen molar-refractivity contribution in [3.8, 4) is 0 Å². The smallest absolute Gasteiger partial charge is 0.0468 e. The van der Waals surface area contributed by atoms with Crippen molar-refractivity contribution in [2.45, 2.75) is 6.92 Å². The van der Waals surface area contributed by atoms with E-state index in [0.29, 0.717) is 5.88 Å². The number of hydrogen-bond donors (Lipinski definition) is 0. The molecule has 0 aliphatic heterocycles. The standard InChI is InChI=1S/C6H9Cl/c1-3-4-6(2)5-7/h3-4H,2,5H2,1H3/b4-3-. The number of rotatable bonds is 2. The Morgan fingerprint density at radius 2 is 2.43 bits per heavy atom. The van der Waals surface area contributed by atoms with Gasteiger partial charge in [-0.2, -0.15) is 0 Å². The van der Waals surface area contributed by atoms with Crippen LogP contribution in [0.1, 0.15) is 6.92 Å². The summed E-state index contributed by atoms with van der Waals surface area (Å²) in [7, 11) is 0. The average Bonchev–Trinajstić information content (AvgIpc) is 1.68. The molecule has 0 rings (SSSR count). The van der Waals surface area contributed by atoms with Crippen LogP contribution >= 0.6 is 11.6 Å². The zero-order valence-electron chi connectivity index (χ0n) is 4.45. The molecule has 0 bridgehead atoms. The predicted molar refractivity (Wildman–Crippen MR) is 34.7 cm³/mol. The minimum absolute atomic E-state index is 0.532. The van der Waals surface area contributed by atoms with Gasteiger partial charge in [-0.1, -0.05) is 18.7 Å². The van der Waals surface area contributed by atoms with Crippen LogP contribution in [0.25, 0.3) is 0 Å². The van der Waals surface area contributed by atoms with Gasteiger partial charge in [0.25, 0.3) is 0 Å². The van der Waals surface area contributed by atoms with Gasteiger partial charge < -0.3 is 0 Å². The summed E-state index contributed by atoms with van der Waals surface area (Å²) in [6.45, 7) is 5.59. The summed E-state index contributed by atoms with van der Waals surface area (Å²) in [5, 5.41) is 0. The van der Waals surface area contributed by atoms with Gasteiger partial charge in [-0.15, -0.1) is 11.6 Å². The molecule has 0 aromatic carbocycles. The summed E-state index contributed by atoms with van der Waals surface area (Å²) >= 11 is 5.38. The van der Waals surface area contributed by atoms with Gasteiger partial charge in [0.15, 0.2) is 0 Å². The molecule has 0 amide bonds. The lowest BCUT2D eigenvalue weighted by Crippen LogP contribution is -1.71.